The van der Waals surface area contributed by atoms with E-state index in [1.165, 1.54) is 17.1 Å². The molecule has 0 atom stereocenters. The first-order valence-corrected chi connectivity index (χ1v) is 8.82. The zero-order chi connectivity index (χ0) is 4.24. The summed E-state index contributed by atoms with van der Waals surface area (Å²) >= 11 is 2.15. The van der Waals surface area contributed by atoms with E-state index in [2.05, 4.69) is 6.42 Å². The second-order valence-corrected chi connectivity index (χ2v) is 8.87. The molecule has 0 spiro atoms. The van der Waals surface area contributed by atoms with Gasteiger partial charge in [0.1, 0.15) is 0 Å². The summed E-state index contributed by atoms with van der Waals surface area (Å²) < 4.78 is 0. The summed E-state index contributed by atoms with van der Waals surface area (Å²) in [6, 6.07) is 0. The van der Waals surface area contributed by atoms with E-state index in [1.54, 1.807) is 0 Å². The monoisotopic (exact) mass is 215 g/mol. The van der Waals surface area contributed by atoms with Gasteiger partial charge in [-0.3, -0.25) is 0 Å². The van der Waals surface area contributed by atoms with Gasteiger partial charge >= 0.3 is 49.7 Å². The van der Waals surface area contributed by atoms with Gasteiger partial charge in [-0.2, -0.15) is 0 Å². The molecule has 1 aliphatic heterocycles. The van der Waals surface area contributed by atoms with Crippen LogP contribution in [0.3, 0.4) is 0 Å². The first kappa shape index (κ1) is 5.18. The van der Waals surface area contributed by atoms with E-state index in [9.17, 15) is 0 Å². The molecule has 1 aliphatic rings. The Morgan fingerprint density at radius 3 is 2.50 bits per heavy atom. The first-order valence-electron chi connectivity index (χ1n) is 2.06. The molecule has 2 heteroatoms. The molecule has 0 aromatic carbocycles. The molecule has 0 aromatic rings. The van der Waals surface area contributed by atoms with Gasteiger partial charge in [0, 0.05) is 0 Å². The molecule has 0 aliphatic carbocycles. The van der Waals surface area contributed by atoms with E-state index in [0.717, 1.165) is 26.3 Å². The normalized spacial score (nSPS) is 24.0. The Morgan fingerprint density at radius 1 is 1.33 bits per heavy atom. The van der Waals surface area contributed by atoms with E-state index < -0.39 is 0 Å². The molecule has 0 N–H and O–H groups in total. The average molecular weight is 213 g/mol. The van der Waals surface area contributed by atoms with Crippen molar-refractivity contribution >= 4 is 26.3 Å². The Hall–Kier alpha value is 1.04. The van der Waals surface area contributed by atoms with Gasteiger partial charge in [0.2, 0.25) is 0 Å². The summed E-state index contributed by atoms with van der Waals surface area (Å²) in [5, 5.41) is 3.00. The van der Waals surface area contributed by atoms with Crippen LogP contribution in [0.5, 0.6) is 0 Å². The molecule has 0 unspecified atom stereocenters. The summed E-state index contributed by atoms with van der Waals surface area (Å²) in [5.41, 5.74) is 0. The van der Waals surface area contributed by atoms with Crippen molar-refractivity contribution < 1.29 is 0 Å². The third-order valence-electron chi connectivity index (χ3n) is 0.675. The number of rotatable bonds is 0. The van der Waals surface area contributed by atoms with Crippen LogP contribution in [0, 0.1) is 6.42 Å². The van der Waals surface area contributed by atoms with Gasteiger partial charge in [0.05, 0.1) is 0 Å². The van der Waals surface area contributed by atoms with Crippen molar-refractivity contribution in [1.82, 2.24) is 0 Å². The first-order chi connectivity index (χ1) is 3.00. The number of hydrogen-bond donors (Lipinski definition) is 0. The van der Waals surface area contributed by atoms with Gasteiger partial charge < -0.3 is 0 Å². The van der Waals surface area contributed by atoms with Crippen molar-refractivity contribution in [3.05, 3.63) is 6.42 Å². The van der Waals surface area contributed by atoms with Gasteiger partial charge in [-0.1, -0.05) is 0 Å². The average Bonchev–Trinajstić information content (AvgIpc) is 1.72. The van der Waals surface area contributed by atoms with Crippen molar-refractivity contribution in [3.8, 4) is 0 Å². The van der Waals surface area contributed by atoms with E-state index in [-0.39, 0.29) is 0 Å². The Balaban J connectivity index is 2.00. The van der Waals surface area contributed by atoms with E-state index >= 15 is 0 Å². The molecule has 0 aromatic heterocycles. The summed E-state index contributed by atoms with van der Waals surface area (Å²) in [7, 11) is 0. The van der Waals surface area contributed by atoms with Crippen molar-refractivity contribution in [3.63, 3.8) is 0 Å². The maximum atomic E-state index is 2.44. The maximum absolute atomic E-state index is 2.44. The van der Waals surface area contributed by atoms with Crippen molar-refractivity contribution in [2.24, 2.45) is 0 Å². The van der Waals surface area contributed by atoms with Crippen LogP contribution in [0.25, 0.3) is 0 Å². The van der Waals surface area contributed by atoms with Crippen LogP contribution in [0.1, 0.15) is 6.42 Å². The second kappa shape index (κ2) is 3.09. The molecule has 6 heavy (non-hydrogen) atoms. The summed E-state index contributed by atoms with van der Waals surface area (Å²) in [6.45, 7) is 0. The zero-order valence-electron chi connectivity index (χ0n) is 3.52. The number of hydrogen-bond acceptors (Lipinski definition) is 0. The van der Waals surface area contributed by atoms with Gasteiger partial charge in [0.25, 0.3) is 0 Å². The molecule has 0 nitrogen and oxygen atoms in total. The molecule has 0 amide bonds. The minimum atomic E-state index is 1.06. The molecule has 1 rings (SSSR count). The fraction of sp³-hybridized carbons (Fsp3) is 0.750. The van der Waals surface area contributed by atoms with Gasteiger partial charge in [-0.15, -0.1) is 0 Å². The Kier molecular flexibility index (Phi) is 2.67. The van der Waals surface area contributed by atoms with E-state index in [1.807, 2.05) is 0 Å². The van der Waals surface area contributed by atoms with Crippen LogP contribution >= 0.6 is 0 Å². The summed E-state index contributed by atoms with van der Waals surface area (Å²) in [5.74, 6) is 0. The van der Waals surface area contributed by atoms with Crippen LogP contribution in [0.2, 0.25) is 10.6 Å². The predicted octanol–water partition coefficient (Wildman–Crippen LogP) is 0.754. The van der Waals surface area contributed by atoms with Crippen LogP contribution in [-0.2, 0) is 0 Å². The molecular formula is C4H7Se2. The Morgan fingerprint density at radius 2 is 2.33 bits per heavy atom. The molecule has 1 radical (unpaired) electrons. The summed E-state index contributed by atoms with van der Waals surface area (Å²) in [4.78, 5) is 0. The standard InChI is InChI=1S/C4H7Se2/c1-2-4-6-5-3-1/h1H,2-4H2. The SMILES string of the molecule is [CH]1CC[Se][Se]C1. The fourth-order valence-corrected chi connectivity index (χ4v) is 6.35. The topological polar surface area (TPSA) is 0 Å². The van der Waals surface area contributed by atoms with Crippen molar-refractivity contribution in [2.45, 2.75) is 17.1 Å². The van der Waals surface area contributed by atoms with Crippen molar-refractivity contribution in [2.75, 3.05) is 0 Å². The van der Waals surface area contributed by atoms with Crippen LogP contribution in [-0.4, -0.2) is 26.3 Å². The van der Waals surface area contributed by atoms with Gasteiger partial charge in [-0.05, 0) is 0 Å². The van der Waals surface area contributed by atoms with Crippen LogP contribution < -0.4 is 0 Å². The molecular weight excluding hydrogens is 206 g/mol. The zero-order valence-corrected chi connectivity index (χ0v) is 6.94. The third kappa shape index (κ3) is 1.66. The Labute approximate surface area is 49.9 Å². The Bertz CT molecular complexity index is 21.0. The van der Waals surface area contributed by atoms with E-state index in [0.29, 0.717) is 0 Å². The van der Waals surface area contributed by atoms with E-state index in [4.69, 9.17) is 0 Å². The van der Waals surface area contributed by atoms with Gasteiger partial charge in [0.15, 0.2) is 0 Å². The predicted molar refractivity (Wildman–Crippen MR) is 30.0 cm³/mol. The molecule has 0 saturated carbocycles. The molecule has 0 bridgehead atoms. The van der Waals surface area contributed by atoms with Crippen LogP contribution in [0.15, 0.2) is 0 Å². The molecule has 1 fully saturated rings. The van der Waals surface area contributed by atoms with Crippen molar-refractivity contribution in [1.29, 1.82) is 0 Å². The third-order valence-corrected chi connectivity index (χ3v) is 7.77. The summed E-state index contributed by atoms with van der Waals surface area (Å²) in [6.07, 6.45) is 3.85. The molecule has 1 heterocycles. The molecule has 1 saturated heterocycles. The van der Waals surface area contributed by atoms with Gasteiger partial charge in [-0.25, -0.2) is 0 Å². The minimum absolute atomic E-state index is 1.06. The quantitative estimate of drug-likeness (QED) is 0.521. The fourth-order valence-electron chi connectivity index (χ4n) is 0.370. The second-order valence-electron chi connectivity index (χ2n) is 1.18. The molecule has 35 valence electrons. The van der Waals surface area contributed by atoms with Crippen LogP contribution in [0.4, 0.5) is 0 Å².